The van der Waals surface area contributed by atoms with Gasteiger partial charge in [0.25, 0.3) is 11.5 Å². The molecule has 0 fully saturated rings. The van der Waals surface area contributed by atoms with Gasteiger partial charge in [-0.3, -0.25) is 9.59 Å². The number of aromatic nitrogens is 1. The summed E-state index contributed by atoms with van der Waals surface area (Å²) in [4.78, 5) is 26.6. The Bertz CT molecular complexity index is 738. The molecule has 1 aromatic carbocycles. The van der Waals surface area contributed by atoms with E-state index in [1.54, 1.807) is 44.2 Å². The van der Waals surface area contributed by atoms with E-state index in [2.05, 4.69) is 10.3 Å². The third-order valence-corrected chi connectivity index (χ3v) is 3.55. The molecule has 2 rings (SSSR count). The monoisotopic (exact) mass is 320 g/mol. The van der Waals surface area contributed by atoms with Crippen LogP contribution in [0.2, 0.25) is 5.02 Å². The summed E-state index contributed by atoms with van der Waals surface area (Å²) in [6.45, 7) is 3.46. The van der Waals surface area contributed by atoms with Gasteiger partial charge in [-0.05, 0) is 43.2 Å². The van der Waals surface area contributed by atoms with Crippen molar-refractivity contribution in [3.63, 3.8) is 0 Å². The van der Waals surface area contributed by atoms with E-state index in [9.17, 15) is 14.7 Å². The van der Waals surface area contributed by atoms with Crippen LogP contribution in [0.25, 0.3) is 0 Å². The van der Waals surface area contributed by atoms with Crippen molar-refractivity contribution >= 4 is 17.5 Å². The van der Waals surface area contributed by atoms with E-state index in [1.165, 1.54) is 0 Å². The standard InChI is InChI=1S/C16H17ClN2O3/c1-9-7-10(2)19-16(22)14(9)15(21)18-8-13(20)11-3-5-12(17)6-4-11/h3-7,13,20H,8H2,1-2H3,(H,18,21)(H,19,22). The SMILES string of the molecule is Cc1cc(C)c(C(=O)NCC(O)c2ccc(Cl)cc2)c(=O)[nH]1. The van der Waals surface area contributed by atoms with Crippen LogP contribution in [0.3, 0.4) is 0 Å². The second-order valence-corrected chi connectivity index (χ2v) is 5.55. The molecule has 1 aromatic heterocycles. The zero-order valence-corrected chi connectivity index (χ0v) is 13.1. The van der Waals surface area contributed by atoms with E-state index in [0.29, 0.717) is 21.8 Å². The van der Waals surface area contributed by atoms with Gasteiger partial charge in [-0.25, -0.2) is 0 Å². The number of carbonyl (C=O) groups excluding carboxylic acids is 1. The molecular formula is C16H17ClN2O3. The Balaban J connectivity index is 2.07. The van der Waals surface area contributed by atoms with Crippen LogP contribution in [-0.2, 0) is 0 Å². The molecule has 0 aliphatic carbocycles. The number of nitrogens with one attached hydrogen (secondary N) is 2. The van der Waals surface area contributed by atoms with Gasteiger partial charge < -0.3 is 15.4 Å². The largest absolute Gasteiger partial charge is 0.387 e. The number of aliphatic hydroxyl groups excluding tert-OH is 1. The summed E-state index contributed by atoms with van der Waals surface area (Å²) in [6.07, 6.45) is -0.869. The number of aliphatic hydroxyl groups is 1. The van der Waals surface area contributed by atoms with Gasteiger partial charge in [0.05, 0.1) is 6.10 Å². The summed E-state index contributed by atoms with van der Waals surface area (Å²) in [5.41, 5.74) is 1.56. The zero-order valence-electron chi connectivity index (χ0n) is 12.3. The molecule has 3 N–H and O–H groups in total. The van der Waals surface area contributed by atoms with Gasteiger partial charge in [0, 0.05) is 17.3 Å². The molecule has 1 amide bonds. The lowest BCUT2D eigenvalue weighted by molar-refractivity contribution is 0.0914. The Morgan fingerprint density at radius 1 is 1.32 bits per heavy atom. The van der Waals surface area contributed by atoms with Gasteiger partial charge in [0.15, 0.2) is 0 Å². The molecule has 0 saturated heterocycles. The molecule has 0 saturated carbocycles. The molecule has 0 spiro atoms. The van der Waals surface area contributed by atoms with Gasteiger partial charge in [-0.2, -0.15) is 0 Å². The molecule has 2 aromatic rings. The minimum Gasteiger partial charge on any atom is -0.387 e. The highest BCUT2D eigenvalue weighted by Gasteiger charge is 2.16. The van der Waals surface area contributed by atoms with E-state index >= 15 is 0 Å². The number of rotatable bonds is 4. The predicted octanol–water partition coefficient (Wildman–Crippen LogP) is 2.11. The number of H-pyrrole nitrogens is 1. The molecule has 1 atom stereocenters. The lowest BCUT2D eigenvalue weighted by Gasteiger charge is -2.13. The molecule has 0 aliphatic rings. The number of aromatic amines is 1. The summed E-state index contributed by atoms with van der Waals surface area (Å²) in [6, 6.07) is 8.42. The lowest BCUT2D eigenvalue weighted by atomic mass is 10.1. The van der Waals surface area contributed by atoms with Crippen LogP contribution in [0.4, 0.5) is 0 Å². The average Bonchev–Trinajstić information content (AvgIpc) is 2.44. The van der Waals surface area contributed by atoms with E-state index in [-0.39, 0.29) is 12.1 Å². The summed E-state index contributed by atoms with van der Waals surface area (Å²) >= 11 is 5.78. The first-order chi connectivity index (χ1) is 10.4. The quantitative estimate of drug-likeness (QED) is 0.807. The maximum absolute atomic E-state index is 12.1. The van der Waals surface area contributed by atoms with Crippen molar-refractivity contribution < 1.29 is 9.90 Å². The van der Waals surface area contributed by atoms with Gasteiger partial charge in [-0.1, -0.05) is 23.7 Å². The maximum Gasteiger partial charge on any atom is 0.261 e. The summed E-state index contributed by atoms with van der Waals surface area (Å²) < 4.78 is 0. The molecule has 22 heavy (non-hydrogen) atoms. The first-order valence-corrected chi connectivity index (χ1v) is 7.18. The number of aryl methyl sites for hydroxylation is 2. The summed E-state index contributed by atoms with van der Waals surface area (Å²) in [7, 11) is 0. The Kier molecular flexibility index (Phi) is 5.00. The van der Waals surface area contributed by atoms with E-state index in [1.807, 2.05) is 0 Å². The van der Waals surface area contributed by atoms with Gasteiger partial charge >= 0.3 is 0 Å². The van der Waals surface area contributed by atoms with Gasteiger partial charge in [0.2, 0.25) is 0 Å². The Morgan fingerprint density at radius 3 is 2.55 bits per heavy atom. The molecule has 1 heterocycles. The van der Waals surface area contributed by atoms with Crippen LogP contribution in [0, 0.1) is 13.8 Å². The van der Waals surface area contributed by atoms with E-state index in [0.717, 1.165) is 0 Å². The Morgan fingerprint density at radius 2 is 1.95 bits per heavy atom. The van der Waals surface area contributed by atoms with Crippen molar-refractivity contribution in [1.29, 1.82) is 0 Å². The second kappa shape index (κ2) is 6.77. The molecular weight excluding hydrogens is 304 g/mol. The fraction of sp³-hybridized carbons (Fsp3) is 0.250. The Hall–Kier alpha value is -2.11. The van der Waals surface area contributed by atoms with Crippen LogP contribution in [0.15, 0.2) is 35.1 Å². The molecule has 5 nitrogen and oxygen atoms in total. The van der Waals surface area contributed by atoms with Crippen molar-refractivity contribution in [1.82, 2.24) is 10.3 Å². The van der Waals surface area contributed by atoms with Gasteiger partial charge in [0.1, 0.15) is 5.56 Å². The third kappa shape index (κ3) is 3.75. The number of halogens is 1. The first-order valence-electron chi connectivity index (χ1n) is 6.80. The van der Waals surface area contributed by atoms with Crippen LogP contribution in [0.1, 0.15) is 33.3 Å². The smallest absolute Gasteiger partial charge is 0.261 e. The van der Waals surface area contributed by atoms with Crippen LogP contribution in [0.5, 0.6) is 0 Å². The molecule has 0 radical (unpaired) electrons. The fourth-order valence-electron chi connectivity index (χ4n) is 2.22. The summed E-state index contributed by atoms with van der Waals surface area (Å²) in [5, 5.41) is 13.2. The molecule has 0 aliphatic heterocycles. The highest BCUT2D eigenvalue weighted by molar-refractivity contribution is 6.30. The maximum atomic E-state index is 12.1. The lowest BCUT2D eigenvalue weighted by Crippen LogP contribution is -2.33. The predicted molar refractivity (Wildman–Crippen MR) is 85.3 cm³/mol. The van der Waals surface area contributed by atoms with Crippen molar-refractivity contribution in [2.45, 2.75) is 20.0 Å². The van der Waals surface area contributed by atoms with Crippen molar-refractivity contribution in [3.05, 3.63) is 68.1 Å². The topological polar surface area (TPSA) is 82.2 Å². The van der Waals surface area contributed by atoms with Crippen molar-refractivity contribution in [2.24, 2.45) is 0 Å². The van der Waals surface area contributed by atoms with Crippen LogP contribution >= 0.6 is 11.6 Å². The molecule has 0 bridgehead atoms. The van der Waals surface area contributed by atoms with Gasteiger partial charge in [-0.15, -0.1) is 0 Å². The number of benzene rings is 1. The minimum atomic E-state index is -0.869. The number of amides is 1. The Labute approximate surface area is 133 Å². The number of carbonyl (C=O) groups is 1. The normalized spacial score (nSPS) is 12.0. The van der Waals surface area contributed by atoms with Crippen LogP contribution in [-0.4, -0.2) is 22.5 Å². The zero-order chi connectivity index (χ0) is 16.3. The first kappa shape index (κ1) is 16.3. The average molecular weight is 321 g/mol. The highest BCUT2D eigenvalue weighted by atomic mass is 35.5. The highest BCUT2D eigenvalue weighted by Crippen LogP contribution is 2.15. The van der Waals surface area contributed by atoms with E-state index in [4.69, 9.17) is 11.6 Å². The fourth-order valence-corrected chi connectivity index (χ4v) is 2.34. The molecule has 6 heteroatoms. The summed E-state index contributed by atoms with van der Waals surface area (Å²) in [5.74, 6) is -0.508. The number of hydrogen-bond acceptors (Lipinski definition) is 3. The van der Waals surface area contributed by atoms with Crippen molar-refractivity contribution in [3.8, 4) is 0 Å². The van der Waals surface area contributed by atoms with E-state index < -0.39 is 17.6 Å². The second-order valence-electron chi connectivity index (χ2n) is 5.12. The number of pyridine rings is 1. The van der Waals surface area contributed by atoms with Crippen molar-refractivity contribution in [2.75, 3.05) is 6.54 Å². The minimum absolute atomic E-state index is 0.00716. The third-order valence-electron chi connectivity index (χ3n) is 3.30. The number of hydrogen-bond donors (Lipinski definition) is 3. The molecule has 116 valence electrons. The molecule has 1 unspecified atom stereocenters. The van der Waals surface area contributed by atoms with Crippen LogP contribution < -0.4 is 10.9 Å².